The Morgan fingerprint density at radius 2 is 2.00 bits per heavy atom. The van der Waals surface area contributed by atoms with E-state index in [1.54, 1.807) is 49.0 Å². The zero-order chi connectivity index (χ0) is 19.6. The van der Waals surface area contributed by atoms with Crippen LogP contribution in [0.15, 0.2) is 59.6 Å². The van der Waals surface area contributed by atoms with Crippen LogP contribution in [-0.2, 0) is 14.3 Å². The van der Waals surface area contributed by atoms with Crippen molar-refractivity contribution in [2.75, 3.05) is 6.61 Å². The standard InChI is InChI=1S/C20H16Cl2N2O3/c1-3-26-20(25)17-12(2)27-19(24-8-4-5-9-24)14(11-23)18(17)13-6-7-15(21)16(22)10-13/h4-10,18H,3H2,1-2H3/t18-/m1/s1. The molecular formula is C20H16Cl2N2O3. The Kier molecular flexibility index (Phi) is 5.59. The van der Waals surface area contributed by atoms with Crippen LogP contribution in [0.1, 0.15) is 25.3 Å². The van der Waals surface area contributed by atoms with Crippen LogP contribution in [0, 0.1) is 11.3 Å². The van der Waals surface area contributed by atoms with Crippen molar-refractivity contribution in [2.24, 2.45) is 0 Å². The average Bonchev–Trinajstić information content (AvgIpc) is 3.17. The van der Waals surface area contributed by atoms with Crippen molar-refractivity contribution in [3.63, 3.8) is 0 Å². The lowest BCUT2D eigenvalue weighted by Crippen LogP contribution is -2.24. The maximum Gasteiger partial charge on any atom is 0.338 e. The van der Waals surface area contributed by atoms with Gasteiger partial charge < -0.3 is 9.47 Å². The van der Waals surface area contributed by atoms with E-state index < -0.39 is 11.9 Å². The van der Waals surface area contributed by atoms with Gasteiger partial charge in [-0.1, -0.05) is 29.3 Å². The summed E-state index contributed by atoms with van der Waals surface area (Å²) in [5.74, 6) is -0.517. The Balaban J connectivity index is 2.24. The predicted molar refractivity (Wildman–Crippen MR) is 103 cm³/mol. The average molecular weight is 403 g/mol. The molecule has 0 N–H and O–H groups in total. The summed E-state index contributed by atoms with van der Waals surface area (Å²) in [7, 11) is 0. The van der Waals surface area contributed by atoms with Crippen LogP contribution in [0.5, 0.6) is 0 Å². The molecule has 0 radical (unpaired) electrons. The number of esters is 1. The summed E-state index contributed by atoms with van der Waals surface area (Å²) in [6.07, 6.45) is 3.53. The number of carbonyl (C=O) groups excluding carboxylic acids is 1. The van der Waals surface area contributed by atoms with Crippen molar-refractivity contribution in [1.82, 2.24) is 4.57 Å². The molecule has 1 atom stereocenters. The molecule has 0 aliphatic carbocycles. The largest absolute Gasteiger partial charge is 0.463 e. The molecular weight excluding hydrogens is 387 g/mol. The Bertz CT molecular complexity index is 985. The van der Waals surface area contributed by atoms with E-state index in [-0.39, 0.29) is 17.8 Å². The Morgan fingerprint density at radius 1 is 1.30 bits per heavy atom. The number of nitriles is 1. The molecule has 3 rings (SSSR count). The molecule has 2 aromatic rings. The van der Waals surface area contributed by atoms with Gasteiger partial charge in [0, 0.05) is 12.4 Å². The highest BCUT2D eigenvalue weighted by Gasteiger charge is 2.37. The van der Waals surface area contributed by atoms with Crippen LogP contribution in [-0.4, -0.2) is 17.1 Å². The van der Waals surface area contributed by atoms with Gasteiger partial charge >= 0.3 is 5.97 Å². The van der Waals surface area contributed by atoms with Gasteiger partial charge in [-0.25, -0.2) is 4.79 Å². The van der Waals surface area contributed by atoms with Gasteiger partial charge in [0.15, 0.2) is 0 Å². The van der Waals surface area contributed by atoms with E-state index in [2.05, 4.69) is 6.07 Å². The number of benzene rings is 1. The fourth-order valence-corrected chi connectivity index (χ4v) is 3.30. The van der Waals surface area contributed by atoms with E-state index in [4.69, 9.17) is 32.7 Å². The number of ether oxygens (including phenoxy) is 2. The van der Waals surface area contributed by atoms with E-state index in [1.807, 2.05) is 12.1 Å². The summed E-state index contributed by atoms with van der Waals surface area (Å²) in [5.41, 5.74) is 1.19. The van der Waals surface area contributed by atoms with Gasteiger partial charge in [-0.2, -0.15) is 5.26 Å². The summed E-state index contributed by atoms with van der Waals surface area (Å²) in [5, 5.41) is 10.6. The second-order valence-electron chi connectivity index (χ2n) is 5.82. The van der Waals surface area contributed by atoms with Crippen molar-refractivity contribution in [3.8, 4) is 6.07 Å². The fraction of sp³-hybridized carbons (Fsp3) is 0.200. The molecule has 5 nitrogen and oxygen atoms in total. The number of aromatic nitrogens is 1. The number of allylic oxidation sites excluding steroid dienone is 2. The summed E-state index contributed by atoms with van der Waals surface area (Å²) >= 11 is 12.2. The smallest absolute Gasteiger partial charge is 0.338 e. The molecule has 1 aromatic carbocycles. The minimum atomic E-state index is -0.685. The van der Waals surface area contributed by atoms with Crippen molar-refractivity contribution < 1.29 is 14.3 Å². The number of halogens is 2. The van der Waals surface area contributed by atoms with Gasteiger partial charge in [-0.3, -0.25) is 4.57 Å². The van der Waals surface area contributed by atoms with Crippen LogP contribution < -0.4 is 0 Å². The molecule has 1 aliphatic heterocycles. The third-order valence-corrected chi connectivity index (χ3v) is 4.91. The Morgan fingerprint density at radius 3 is 2.59 bits per heavy atom. The molecule has 138 valence electrons. The maximum absolute atomic E-state index is 12.6. The van der Waals surface area contributed by atoms with Crippen LogP contribution in [0.25, 0.3) is 5.88 Å². The second-order valence-corrected chi connectivity index (χ2v) is 6.63. The molecule has 7 heteroatoms. The van der Waals surface area contributed by atoms with Crippen LogP contribution in [0.3, 0.4) is 0 Å². The first kappa shape index (κ1) is 19.1. The minimum absolute atomic E-state index is 0.208. The maximum atomic E-state index is 12.6. The first-order chi connectivity index (χ1) is 13.0. The van der Waals surface area contributed by atoms with Crippen LogP contribution in [0.2, 0.25) is 10.0 Å². The van der Waals surface area contributed by atoms with Gasteiger partial charge in [-0.15, -0.1) is 0 Å². The summed E-state index contributed by atoms with van der Waals surface area (Å²) < 4.78 is 12.8. The fourth-order valence-electron chi connectivity index (χ4n) is 3.00. The highest BCUT2D eigenvalue weighted by Crippen LogP contribution is 2.43. The summed E-state index contributed by atoms with van der Waals surface area (Å²) in [4.78, 5) is 12.6. The minimum Gasteiger partial charge on any atom is -0.463 e. The summed E-state index contributed by atoms with van der Waals surface area (Å²) in [6, 6.07) is 10.8. The molecule has 0 saturated heterocycles. The predicted octanol–water partition coefficient (Wildman–Crippen LogP) is 5.14. The number of rotatable bonds is 4. The molecule has 0 bridgehead atoms. The second kappa shape index (κ2) is 7.91. The molecule has 1 aromatic heterocycles. The lowest BCUT2D eigenvalue weighted by molar-refractivity contribution is -0.139. The monoisotopic (exact) mass is 402 g/mol. The van der Waals surface area contributed by atoms with E-state index in [0.717, 1.165) is 0 Å². The highest BCUT2D eigenvalue weighted by molar-refractivity contribution is 6.42. The van der Waals surface area contributed by atoms with Gasteiger partial charge in [0.25, 0.3) is 0 Å². The first-order valence-electron chi connectivity index (χ1n) is 8.26. The number of carbonyl (C=O) groups is 1. The van der Waals surface area contributed by atoms with Gasteiger partial charge in [0.2, 0.25) is 5.88 Å². The molecule has 0 amide bonds. The number of hydrogen-bond donors (Lipinski definition) is 0. The van der Waals surface area contributed by atoms with E-state index in [9.17, 15) is 10.1 Å². The van der Waals surface area contributed by atoms with Crippen LogP contribution in [0.4, 0.5) is 0 Å². The van der Waals surface area contributed by atoms with E-state index >= 15 is 0 Å². The van der Waals surface area contributed by atoms with Gasteiger partial charge in [-0.05, 0) is 43.7 Å². The van der Waals surface area contributed by atoms with Crippen molar-refractivity contribution in [1.29, 1.82) is 5.26 Å². The van der Waals surface area contributed by atoms with Crippen molar-refractivity contribution in [3.05, 3.63) is 75.2 Å². The molecule has 0 fully saturated rings. The molecule has 0 unspecified atom stereocenters. The topological polar surface area (TPSA) is 64.2 Å². The third kappa shape index (κ3) is 3.59. The quantitative estimate of drug-likeness (QED) is 0.664. The first-order valence-corrected chi connectivity index (χ1v) is 9.01. The highest BCUT2D eigenvalue weighted by atomic mass is 35.5. The molecule has 0 saturated carbocycles. The SMILES string of the molecule is CCOC(=O)C1=C(C)OC(n2cccc2)=C(C#N)[C@H]1c1ccc(Cl)c(Cl)c1. The molecule has 1 aliphatic rings. The van der Waals surface area contributed by atoms with Gasteiger partial charge in [0.05, 0.1) is 28.1 Å². The van der Waals surface area contributed by atoms with Crippen molar-refractivity contribution >= 4 is 35.1 Å². The Hall–Kier alpha value is -2.68. The lowest BCUT2D eigenvalue weighted by atomic mass is 9.83. The normalized spacial score (nSPS) is 16.8. The van der Waals surface area contributed by atoms with E-state index in [1.165, 1.54) is 0 Å². The summed E-state index contributed by atoms with van der Waals surface area (Å²) in [6.45, 7) is 3.60. The molecule has 2 heterocycles. The van der Waals surface area contributed by atoms with Crippen molar-refractivity contribution in [2.45, 2.75) is 19.8 Å². The molecule has 0 spiro atoms. The van der Waals surface area contributed by atoms with E-state index in [0.29, 0.717) is 27.3 Å². The van der Waals surface area contributed by atoms with Gasteiger partial charge in [0.1, 0.15) is 17.4 Å². The lowest BCUT2D eigenvalue weighted by Gasteiger charge is -2.28. The van der Waals surface area contributed by atoms with Crippen LogP contribution >= 0.6 is 23.2 Å². The number of nitrogens with zero attached hydrogens (tertiary/aromatic N) is 2. The zero-order valence-electron chi connectivity index (χ0n) is 14.7. The zero-order valence-corrected chi connectivity index (χ0v) is 16.2. The number of hydrogen-bond acceptors (Lipinski definition) is 4. The molecule has 27 heavy (non-hydrogen) atoms. The Labute approximate surface area is 167 Å². The third-order valence-electron chi connectivity index (χ3n) is 4.17.